The van der Waals surface area contributed by atoms with Crippen LogP contribution in [0.3, 0.4) is 0 Å². The zero-order valence-corrected chi connectivity index (χ0v) is 13.0. The van der Waals surface area contributed by atoms with Crippen molar-refractivity contribution in [2.45, 2.75) is 19.9 Å². The first-order valence-corrected chi connectivity index (χ1v) is 7.17. The van der Waals surface area contributed by atoms with Gasteiger partial charge < -0.3 is 0 Å². The minimum absolute atomic E-state index is 0.0589. The second kappa shape index (κ2) is 6.14. The molecule has 0 fully saturated rings. The molecule has 0 amide bonds. The van der Waals surface area contributed by atoms with Gasteiger partial charge in [0.25, 0.3) is 5.91 Å². The highest BCUT2D eigenvalue weighted by molar-refractivity contribution is 14.1. The molecule has 0 saturated carbocycles. The van der Waals surface area contributed by atoms with E-state index in [4.69, 9.17) is 0 Å². The third-order valence-corrected chi connectivity index (χ3v) is 3.26. The number of rotatable bonds is 2. The minimum Gasteiger partial charge on any atom is -0.268 e. The topological polar surface area (TPSA) is 34.4 Å². The van der Waals surface area contributed by atoms with Gasteiger partial charge in [-0.3, -0.25) is 14.4 Å². The summed E-state index contributed by atoms with van der Waals surface area (Å²) in [5, 5.41) is 0. The predicted molar refractivity (Wildman–Crippen MR) is 84.0 cm³/mol. The molecule has 0 aliphatic carbocycles. The van der Waals surface area contributed by atoms with Crippen LogP contribution in [0.2, 0.25) is 0 Å². The van der Waals surface area contributed by atoms with Crippen molar-refractivity contribution in [3.05, 3.63) is 63.3 Å². The summed E-state index contributed by atoms with van der Waals surface area (Å²) >= 11 is 2.22. The molecule has 0 aliphatic rings. The molecule has 98 valence electrons. The molecule has 19 heavy (non-hydrogen) atoms. The highest BCUT2D eigenvalue weighted by Gasteiger charge is 2.08. The summed E-state index contributed by atoms with van der Waals surface area (Å²) in [5.41, 5.74) is 1.35. The molecule has 1 heterocycles. The number of nitrogens with zero attached hydrogens (tertiary/aromatic N) is 2. The zero-order valence-electron chi connectivity index (χ0n) is 10.9. The number of benzene rings is 1. The quantitative estimate of drug-likeness (QED) is 0.753. The van der Waals surface area contributed by atoms with E-state index in [1.165, 1.54) is 0 Å². The van der Waals surface area contributed by atoms with Crippen LogP contribution in [0.25, 0.3) is 0 Å². The minimum atomic E-state index is -0.0589. The summed E-state index contributed by atoms with van der Waals surface area (Å²) in [7, 11) is 0. The molecule has 0 unspecified atom stereocenters. The Morgan fingerprint density at radius 1 is 1.16 bits per heavy atom. The standard InChI is InChI=1S/C15H15IN2O/c1-11(2)17-14-5-3-4-10-18(14)15(19)12-6-8-13(16)9-7-12/h3-11H,1-2H3. The fraction of sp³-hybridized carbons (Fsp3) is 0.200. The molecule has 2 rings (SSSR count). The average molecular weight is 366 g/mol. The van der Waals surface area contributed by atoms with Crippen molar-refractivity contribution in [3.63, 3.8) is 0 Å². The maximum Gasteiger partial charge on any atom is 0.263 e. The Bertz CT molecular complexity index is 642. The van der Waals surface area contributed by atoms with Crippen LogP contribution in [0.5, 0.6) is 0 Å². The van der Waals surface area contributed by atoms with Gasteiger partial charge in [0, 0.05) is 21.4 Å². The van der Waals surface area contributed by atoms with Crippen LogP contribution in [0.1, 0.15) is 24.2 Å². The average Bonchev–Trinajstić information content (AvgIpc) is 2.39. The summed E-state index contributed by atoms with van der Waals surface area (Å²) in [6.07, 6.45) is 1.75. The molecule has 0 atom stereocenters. The largest absolute Gasteiger partial charge is 0.268 e. The monoisotopic (exact) mass is 366 g/mol. The first-order chi connectivity index (χ1) is 9.08. The Kier molecular flexibility index (Phi) is 4.52. The fourth-order valence-electron chi connectivity index (χ4n) is 1.71. The van der Waals surface area contributed by atoms with Crippen LogP contribution in [-0.2, 0) is 0 Å². The van der Waals surface area contributed by atoms with Gasteiger partial charge in [0.1, 0.15) is 5.49 Å². The van der Waals surface area contributed by atoms with Crippen molar-refractivity contribution < 1.29 is 4.79 Å². The van der Waals surface area contributed by atoms with E-state index in [1.54, 1.807) is 10.8 Å². The Morgan fingerprint density at radius 2 is 1.84 bits per heavy atom. The maximum absolute atomic E-state index is 12.5. The number of pyridine rings is 1. The number of hydrogen-bond donors (Lipinski definition) is 0. The van der Waals surface area contributed by atoms with E-state index in [2.05, 4.69) is 27.6 Å². The molecule has 0 N–H and O–H groups in total. The highest BCUT2D eigenvalue weighted by atomic mass is 127. The number of carbonyl (C=O) groups excluding carboxylic acids is 1. The molecule has 0 spiro atoms. The molecule has 0 bridgehead atoms. The molecule has 0 radical (unpaired) electrons. The van der Waals surface area contributed by atoms with Crippen molar-refractivity contribution in [2.24, 2.45) is 4.99 Å². The highest BCUT2D eigenvalue weighted by Crippen LogP contribution is 2.07. The fourth-order valence-corrected chi connectivity index (χ4v) is 2.07. The van der Waals surface area contributed by atoms with Crippen molar-refractivity contribution in [2.75, 3.05) is 0 Å². The van der Waals surface area contributed by atoms with Crippen molar-refractivity contribution in [3.8, 4) is 0 Å². The van der Waals surface area contributed by atoms with Gasteiger partial charge in [-0.05, 0) is 72.8 Å². The first-order valence-electron chi connectivity index (χ1n) is 6.10. The summed E-state index contributed by atoms with van der Waals surface area (Å²) in [4.78, 5) is 16.9. The molecular weight excluding hydrogens is 351 g/mol. The van der Waals surface area contributed by atoms with E-state index < -0.39 is 0 Å². The van der Waals surface area contributed by atoms with E-state index in [-0.39, 0.29) is 11.9 Å². The summed E-state index contributed by atoms with van der Waals surface area (Å²) in [6, 6.07) is 13.3. The first kappa shape index (κ1) is 14.0. The lowest BCUT2D eigenvalue weighted by atomic mass is 10.2. The zero-order chi connectivity index (χ0) is 13.8. The summed E-state index contributed by atoms with van der Waals surface area (Å²) in [5.74, 6) is -0.0589. The van der Waals surface area contributed by atoms with Gasteiger partial charge in [0.15, 0.2) is 0 Å². The Hall–Kier alpha value is -1.43. The molecule has 3 nitrogen and oxygen atoms in total. The summed E-state index contributed by atoms with van der Waals surface area (Å²) < 4.78 is 2.70. The third kappa shape index (κ3) is 3.53. The normalized spacial score (nSPS) is 11.9. The van der Waals surface area contributed by atoms with Gasteiger partial charge in [-0.15, -0.1) is 0 Å². The van der Waals surface area contributed by atoms with Gasteiger partial charge in [-0.25, -0.2) is 0 Å². The lowest BCUT2D eigenvalue weighted by Crippen LogP contribution is -2.28. The van der Waals surface area contributed by atoms with Crippen LogP contribution in [0.4, 0.5) is 0 Å². The summed E-state index contributed by atoms with van der Waals surface area (Å²) in [6.45, 7) is 3.99. The van der Waals surface area contributed by atoms with Crippen LogP contribution in [0.15, 0.2) is 53.7 Å². The van der Waals surface area contributed by atoms with E-state index in [0.29, 0.717) is 11.1 Å². The maximum atomic E-state index is 12.5. The Labute approximate surface area is 126 Å². The number of halogens is 1. The second-order valence-corrected chi connectivity index (χ2v) is 5.71. The van der Waals surface area contributed by atoms with Crippen LogP contribution in [0, 0.1) is 3.57 Å². The van der Waals surface area contributed by atoms with Gasteiger partial charge in [-0.2, -0.15) is 0 Å². The van der Waals surface area contributed by atoms with Crippen molar-refractivity contribution in [1.29, 1.82) is 0 Å². The number of aromatic nitrogens is 1. The predicted octanol–water partition coefficient (Wildman–Crippen LogP) is 3.09. The molecule has 4 heteroatoms. The van der Waals surface area contributed by atoms with Crippen LogP contribution < -0.4 is 5.49 Å². The van der Waals surface area contributed by atoms with Gasteiger partial charge in [0.05, 0.1) is 0 Å². The number of hydrogen-bond acceptors (Lipinski definition) is 2. The van der Waals surface area contributed by atoms with E-state index in [0.717, 1.165) is 3.57 Å². The van der Waals surface area contributed by atoms with E-state index in [9.17, 15) is 4.79 Å². The van der Waals surface area contributed by atoms with Crippen molar-refractivity contribution in [1.82, 2.24) is 4.57 Å². The Balaban J connectivity index is 2.48. The van der Waals surface area contributed by atoms with Gasteiger partial charge in [-0.1, -0.05) is 6.07 Å². The third-order valence-electron chi connectivity index (χ3n) is 2.54. The molecule has 1 aromatic heterocycles. The Morgan fingerprint density at radius 3 is 2.47 bits per heavy atom. The lowest BCUT2D eigenvalue weighted by molar-refractivity contribution is 0.0954. The van der Waals surface area contributed by atoms with Crippen molar-refractivity contribution >= 4 is 28.5 Å². The van der Waals surface area contributed by atoms with Crippen LogP contribution >= 0.6 is 22.6 Å². The molecule has 2 aromatic rings. The SMILES string of the molecule is CC(C)N=c1ccccn1C(=O)c1ccc(I)cc1. The number of carbonyl (C=O) groups is 1. The van der Waals surface area contributed by atoms with Gasteiger partial charge >= 0.3 is 0 Å². The van der Waals surface area contributed by atoms with Crippen LogP contribution in [-0.4, -0.2) is 16.5 Å². The molecular formula is C15H15IN2O. The van der Waals surface area contributed by atoms with Gasteiger partial charge in [0.2, 0.25) is 0 Å². The molecule has 0 saturated heterocycles. The smallest absolute Gasteiger partial charge is 0.263 e. The molecule has 1 aromatic carbocycles. The lowest BCUT2D eigenvalue weighted by Gasteiger charge is -2.07. The van der Waals surface area contributed by atoms with E-state index in [1.807, 2.05) is 56.3 Å². The molecule has 0 aliphatic heterocycles. The van der Waals surface area contributed by atoms with E-state index >= 15 is 0 Å². The second-order valence-electron chi connectivity index (χ2n) is 4.46.